The van der Waals surface area contributed by atoms with Crippen molar-refractivity contribution in [1.29, 1.82) is 0 Å². The fourth-order valence-electron chi connectivity index (χ4n) is 5.78. The van der Waals surface area contributed by atoms with Crippen LogP contribution in [-0.4, -0.2) is 60.8 Å². The van der Waals surface area contributed by atoms with Crippen LogP contribution < -0.4 is 24.8 Å². The number of amides is 1. The van der Waals surface area contributed by atoms with E-state index in [4.69, 9.17) is 9.47 Å². The number of ether oxygens (including phenoxy) is 2. The largest absolute Gasteiger partial charge is 0.497 e. The lowest BCUT2D eigenvalue weighted by Gasteiger charge is -2.23. The molecule has 12 heteroatoms. The fraction of sp³-hybridized carbons (Fsp3) is 0.281. The van der Waals surface area contributed by atoms with E-state index in [1.54, 1.807) is 53.4 Å². The number of methoxy groups -OCH3 is 2. The molecule has 1 saturated heterocycles. The van der Waals surface area contributed by atoms with E-state index in [9.17, 15) is 27.9 Å². The SMILES string of the molecule is COc1cc(OC)cc(-c2nn(-c3cc(N4CC[C@H](O)C4)ccc3C(F)(F)F)c(=O)c3c2CCN3C(=O)c2ccccc2)c1. The molecule has 6 rings (SSSR count). The predicted octanol–water partition coefficient (Wildman–Crippen LogP) is 4.71. The monoisotopic (exact) mass is 606 g/mol. The lowest BCUT2D eigenvalue weighted by molar-refractivity contribution is -0.137. The number of aliphatic hydroxyl groups excluding tert-OH is 1. The van der Waals surface area contributed by atoms with Gasteiger partial charge in [-0.2, -0.15) is 23.0 Å². The van der Waals surface area contributed by atoms with E-state index in [-0.39, 0.29) is 30.9 Å². The Morgan fingerprint density at radius 3 is 2.30 bits per heavy atom. The zero-order chi connectivity index (χ0) is 31.2. The van der Waals surface area contributed by atoms with Crippen molar-refractivity contribution in [3.8, 4) is 28.4 Å². The van der Waals surface area contributed by atoms with Crippen LogP contribution in [0.3, 0.4) is 0 Å². The second-order valence-electron chi connectivity index (χ2n) is 10.7. The fourth-order valence-corrected chi connectivity index (χ4v) is 5.78. The molecule has 0 unspecified atom stereocenters. The maximum atomic E-state index is 14.5. The molecule has 228 valence electrons. The van der Waals surface area contributed by atoms with Crippen LogP contribution in [0, 0.1) is 0 Å². The normalized spacial score (nSPS) is 16.3. The minimum atomic E-state index is -4.82. The summed E-state index contributed by atoms with van der Waals surface area (Å²) in [6.07, 6.45) is -4.72. The lowest BCUT2D eigenvalue weighted by atomic mass is 10.0. The molecule has 0 saturated carbocycles. The van der Waals surface area contributed by atoms with Crippen molar-refractivity contribution in [1.82, 2.24) is 9.78 Å². The number of halogens is 3. The average molecular weight is 607 g/mol. The molecule has 9 nitrogen and oxygen atoms in total. The molecule has 1 amide bonds. The first-order chi connectivity index (χ1) is 21.1. The van der Waals surface area contributed by atoms with Crippen molar-refractivity contribution >= 4 is 17.3 Å². The van der Waals surface area contributed by atoms with E-state index in [1.807, 2.05) is 0 Å². The van der Waals surface area contributed by atoms with Gasteiger partial charge in [-0.05, 0) is 55.3 Å². The van der Waals surface area contributed by atoms with Crippen LogP contribution in [0.1, 0.15) is 27.9 Å². The number of β-amino-alcohol motifs (C(OH)–C–C–N with tert-alkyl or cyclic N) is 1. The number of alkyl halides is 3. The van der Waals surface area contributed by atoms with Gasteiger partial charge in [0.1, 0.15) is 17.2 Å². The van der Waals surface area contributed by atoms with Gasteiger partial charge < -0.3 is 24.4 Å². The van der Waals surface area contributed by atoms with Crippen LogP contribution in [0.5, 0.6) is 11.5 Å². The highest BCUT2D eigenvalue weighted by Gasteiger charge is 2.38. The second-order valence-corrected chi connectivity index (χ2v) is 10.7. The average Bonchev–Trinajstić information content (AvgIpc) is 3.67. The summed E-state index contributed by atoms with van der Waals surface area (Å²) in [6, 6.07) is 16.8. The number of carbonyl (C=O) groups is 1. The highest BCUT2D eigenvalue weighted by atomic mass is 19.4. The summed E-state index contributed by atoms with van der Waals surface area (Å²) in [5.74, 6) is 0.367. The molecule has 0 bridgehead atoms. The molecule has 1 atom stereocenters. The van der Waals surface area contributed by atoms with Gasteiger partial charge in [0.05, 0.1) is 37.3 Å². The summed E-state index contributed by atoms with van der Waals surface area (Å²) in [4.78, 5) is 30.9. The minimum Gasteiger partial charge on any atom is -0.497 e. The molecule has 1 aromatic heterocycles. The number of anilines is 2. The summed E-state index contributed by atoms with van der Waals surface area (Å²) in [7, 11) is 2.93. The van der Waals surface area contributed by atoms with Gasteiger partial charge in [0.2, 0.25) is 0 Å². The van der Waals surface area contributed by atoms with Crippen molar-refractivity contribution in [2.45, 2.75) is 25.1 Å². The number of hydrogen-bond donors (Lipinski definition) is 1. The Labute approximate surface area is 250 Å². The Bertz CT molecular complexity index is 1770. The Morgan fingerprint density at radius 1 is 0.977 bits per heavy atom. The van der Waals surface area contributed by atoms with Crippen LogP contribution >= 0.6 is 0 Å². The van der Waals surface area contributed by atoms with E-state index < -0.39 is 35.0 Å². The van der Waals surface area contributed by atoms with Gasteiger partial charge in [-0.25, -0.2) is 0 Å². The molecule has 0 radical (unpaired) electrons. The first-order valence-electron chi connectivity index (χ1n) is 14.0. The summed E-state index contributed by atoms with van der Waals surface area (Å²) >= 11 is 0. The van der Waals surface area contributed by atoms with Crippen molar-refractivity contribution < 1.29 is 32.5 Å². The van der Waals surface area contributed by atoms with Gasteiger partial charge in [0.15, 0.2) is 0 Å². The standard InChI is InChI=1S/C32H29F3N4O5/c1-43-23-14-20(15-24(17-23)44-2)28-25-11-13-38(30(41)19-6-4-3-5-7-19)29(25)31(42)39(36-28)27-16-21(37-12-10-22(40)18-37)8-9-26(27)32(33,34)35/h3-9,14-17,22,40H,10-13,18H2,1-2H3/t22-/m0/s1. The van der Waals surface area contributed by atoms with Crippen LogP contribution in [0.4, 0.5) is 24.5 Å². The van der Waals surface area contributed by atoms with Crippen LogP contribution in [0.2, 0.25) is 0 Å². The lowest BCUT2D eigenvalue weighted by Crippen LogP contribution is -2.35. The maximum Gasteiger partial charge on any atom is 0.418 e. The van der Waals surface area contributed by atoms with Crippen LogP contribution in [0.15, 0.2) is 71.5 Å². The van der Waals surface area contributed by atoms with E-state index in [2.05, 4.69) is 5.10 Å². The number of fused-ring (bicyclic) bond motifs is 1. The Morgan fingerprint density at radius 2 is 1.68 bits per heavy atom. The topological polar surface area (TPSA) is 97.1 Å². The smallest absolute Gasteiger partial charge is 0.418 e. The Kier molecular flexibility index (Phi) is 7.54. The van der Waals surface area contributed by atoms with Crippen molar-refractivity contribution in [3.05, 3.63) is 93.8 Å². The van der Waals surface area contributed by atoms with Gasteiger partial charge in [0.25, 0.3) is 11.5 Å². The Hall–Kier alpha value is -4.84. The summed E-state index contributed by atoms with van der Waals surface area (Å²) in [6.45, 7) is 0.814. The number of aliphatic hydroxyl groups is 1. The first kappa shape index (κ1) is 29.2. The van der Waals surface area contributed by atoms with Crippen molar-refractivity contribution in [3.63, 3.8) is 0 Å². The number of hydrogen-bond acceptors (Lipinski definition) is 7. The molecule has 2 aliphatic heterocycles. The van der Waals surface area contributed by atoms with Gasteiger partial charge in [-0.1, -0.05) is 18.2 Å². The van der Waals surface area contributed by atoms with E-state index >= 15 is 0 Å². The van der Waals surface area contributed by atoms with E-state index in [0.717, 1.165) is 10.7 Å². The number of carbonyl (C=O) groups excluding carboxylic acids is 1. The maximum absolute atomic E-state index is 14.5. The zero-order valence-electron chi connectivity index (χ0n) is 24.0. The molecule has 4 aromatic rings. The third kappa shape index (κ3) is 5.25. The highest BCUT2D eigenvalue weighted by Crippen LogP contribution is 2.39. The second kappa shape index (κ2) is 11.3. The zero-order valence-corrected chi connectivity index (χ0v) is 24.0. The molecule has 3 heterocycles. The predicted molar refractivity (Wildman–Crippen MR) is 158 cm³/mol. The summed E-state index contributed by atoms with van der Waals surface area (Å²) < 4.78 is 55.0. The van der Waals surface area contributed by atoms with E-state index in [1.165, 1.54) is 31.3 Å². The Balaban J connectivity index is 1.63. The van der Waals surface area contributed by atoms with Gasteiger partial charge >= 0.3 is 6.18 Å². The quantitative estimate of drug-likeness (QED) is 0.340. The number of aromatic nitrogens is 2. The minimum absolute atomic E-state index is 0.0410. The molecule has 0 aliphatic carbocycles. The van der Waals surface area contributed by atoms with Gasteiger partial charge in [-0.15, -0.1) is 0 Å². The summed E-state index contributed by atoms with van der Waals surface area (Å²) in [5.41, 5.74) is -0.631. The highest BCUT2D eigenvalue weighted by molar-refractivity contribution is 6.07. The molecule has 44 heavy (non-hydrogen) atoms. The number of benzene rings is 3. The van der Waals surface area contributed by atoms with Crippen molar-refractivity contribution in [2.75, 3.05) is 43.7 Å². The third-order valence-corrected chi connectivity index (χ3v) is 7.96. The third-order valence-electron chi connectivity index (χ3n) is 7.96. The molecule has 2 aliphatic rings. The van der Waals surface area contributed by atoms with Gasteiger partial charge in [-0.3, -0.25) is 9.59 Å². The number of rotatable bonds is 6. The van der Waals surface area contributed by atoms with Crippen LogP contribution in [-0.2, 0) is 12.6 Å². The molecular formula is C32H29F3N4O5. The molecular weight excluding hydrogens is 577 g/mol. The van der Waals surface area contributed by atoms with Crippen LogP contribution in [0.25, 0.3) is 16.9 Å². The van der Waals surface area contributed by atoms with Gasteiger partial charge in [0, 0.05) is 48.1 Å². The molecule has 0 spiro atoms. The van der Waals surface area contributed by atoms with Crippen molar-refractivity contribution in [2.24, 2.45) is 0 Å². The van der Waals surface area contributed by atoms with E-state index in [0.29, 0.717) is 46.8 Å². The molecule has 1 N–H and O–H groups in total. The summed E-state index contributed by atoms with van der Waals surface area (Å²) in [5, 5.41) is 14.6. The molecule has 3 aromatic carbocycles. The molecule has 1 fully saturated rings. The first-order valence-corrected chi connectivity index (χ1v) is 14.0. The number of nitrogens with zero attached hydrogens (tertiary/aromatic N) is 4.